The molecule has 0 bridgehead atoms. The largest absolute Gasteiger partial charge is 0.274 e. The zero-order valence-corrected chi connectivity index (χ0v) is 10.4. The van der Waals surface area contributed by atoms with Gasteiger partial charge in [-0.15, -0.1) is 4.91 Å². The minimum absolute atomic E-state index is 0.0226. The van der Waals surface area contributed by atoms with Crippen LogP contribution < -0.4 is 4.90 Å². The minimum atomic E-state index is -0.823. The van der Waals surface area contributed by atoms with Crippen molar-refractivity contribution in [2.75, 3.05) is 4.90 Å². The second kappa shape index (κ2) is 5.52. The van der Waals surface area contributed by atoms with Crippen LogP contribution in [-0.4, -0.2) is 10.9 Å². The van der Waals surface area contributed by atoms with Crippen molar-refractivity contribution in [3.8, 4) is 0 Å². The molecule has 0 saturated carbocycles. The van der Waals surface area contributed by atoms with Crippen LogP contribution in [0.25, 0.3) is 0 Å². The van der Waals surface area contributed by atoms with Gasteiger partial charge >= 0.3 is 0 Å². The number of hydrogen-bond donors (Lipinski definition) is 0. The first-order valence-electron chi connectivity index (χ1n) is 5.57. The van der Waals surface area contributed by atoms with E-state index in [0.717, 1.165) is 17.0 Å². The van der Waals surface area contributed by atoms with Gasteiger partial charge in [-0.05, 0) is 23.4 Å². The van der Waals surface area contributed by atoms with E-state index in [1.165, 1.54) is 25.3 Å². The molecule has 1 aromatic heterocycles. The highest BCUT2D eigenvalue weighted by atomic mass is 19.1. The van der Waals surface area contributed by atoms with Crippen LogP contribution >= 0.6 is 0 Å². The maximum Gasteiger partial charge on any atom is 0.229 e. The van der Waals surface area contributed by atoms with Crippen molar-refractivity contribution in [3.05, 3.63) is 53.1 Å². The lowest BCUT2D eigenvalue weighted by atomic mass is 10.2. The van der Waals surface area contributed by atoms with Crippen LogP contribution in [-0.2, 0) is 4.79 Å². The molecule has 2 aromatic rings. The van der Waals surface area contributed by atoms with Crippen LogP contribution in [0.5, 0.6) is 0 Å². The number of carbonyl (C=O) groups is 1. The molecule has 102 valence electrons. The van der Waals surface area contributed by atoms with E-state index in [1.807, 2.05) is 0 Å². The van der Waals surface area contributed by atoms with E-state index >= 15 is 0 Å². The molecule has 20 heavy (non-hydrogen) atoms. The molecule has 0 fully saturated rings. The third kappa shape index (κ3) is 2.82. The van der Waals surface area contributed by atoms with E-state index in [0.29, 0.717) is 6.07 Å². The van der Waals surface area contributed by atoms with Gasteiger partial charge in [-0.25, -0.2) is 13.8 Å². The molecule has 7 heteroatoms. The fourth-order valence-electron chi connectivity index (χ4n) is 1.73. The Hall–Kier alpha value is -2.70. The summed E-state index contributed by atoms with van der Waals surface area (Å²) >= 11 is 0. The van der Waals surface area contributed by atoms with E-state index in [9.17, 15) is 18.5 Å². The summed E-state index contributed by atoms with van der Waals surface area (Å²) in [6, 6.07) is 5.27. The van der Waals surface area contributed by atoms with Gasteiger partial charge in [0, 0.05) is 25.3 Å². The Bertz CT molecular complexity index is 656. The number of rotatable bonds is 3. The van der Waals surface area contributed by atoms with Gasteiger partial charge in [0.05, 0.1) is 5.69 Å². The van der Waals surface area contributed by atoms with Crippen LogP contribution in [0.2, 0.25) is 0 Å². The maximum atomic E-state index is 13.2. The number of halogens is 2. The lowest BCUT2D eigenvalue weighted by Gasteiger charge is -2.20. The summed E-state index contributed by atoms with van der Waals surface area (Å²) in [7, 11) is 0. The number of benzene rings is 1. The quantitative estimate of drug-likeness (QED) is 0.807. The fraction of sp³-hybridized carbons (Fsp3) is 0.0769. The number of pyridine rings is 1. The number of anilines is 2. The monoisotopic (exact) mass is 277 g/mol. The van der Waals surface area contributed by atoms with Gasteiger partial charge in [-0.2, -0.15) is 0 Å². The molecular formula is C13H9F2N3O2. The van der Waals surface area contributed by atoms with Crippen molar-refractivity contribution in [2.45, 2.75) is 6.92 Å². The van der Waals surface area contributed by atoms with E-state index in [2.05, 4.69) is 10.2 Å². The minimum Gasteiger partial charge on any atom is -0.274 e. The Morgan fingerprint density at radius 3 is 2.40 bits per heavy atom. The molecule has 0 unspecified atom stereocenters. The van der Waals surface area contributed by atoms with Crippen molar-refractivity contribution >= 4 is 23.1 Å². The first-order chi connectivity index (χ1) is 9.51. The number of carbonyl (C=O) groups excluding carboxylic acids is 1. The molecule has 0 saturated heterocycles. The van der Waals surface area contributed by atoms with Gasteiger partial charge in [0.25, 0.3) is 0 Å². The zero-order chi connectivity index (χ0) is 14.7. The summed E-state index contributed by atoms with van der Waals surface area (Å²) in [6.07, 6.45) is 1.28. The summed E-state index contributed by atoms with van der Waals surface area (Å²) < 4.78 is 26.5. The normalized spacial score (nSPS) is 10.2. The average molecular weight is 277 g/mol. The Morgan fingerprint density at radius 2 is 1.85 bits per heavy atom. The highest BCUT2D eigenvalue weighted by Crippen LogP contribution is 2.27. The van der Waals surface area contributed by atoms with Gasteiger partial charge < -0.3 is 0 Å². The summed E-state index contributed by atoms with van der Waals surface area (Å²) in [5.41, 5.74) is 0.0312. The van der Waals surface area contributed by atoms with E-state index in [-0.39, 0.29) is 17.2 Å². The Balaban J connectivity index is 2.55. The Labute approximate surface area is 112 Å². The topological polar surface area (TPSA) is 62.6 Å². The number of hydrogen-bond acceptors (Lipinski definition) is 4. The summed E-state index contributed by atoms with van der Waals surface area (Å²) in [6.45, 7) is 1.21. The number of amides is 1. The smallest absolute Gasteiger partial charge is 0.229 e. The van der Waals surface area contributed by atoms with Crippen molar-refractivity contribution in [1.82, 2.24) is 4.98 Å². The Kier molecular flexibility index (Phi) is 3.79. The summed E-state index contributed by atoms with van der Waals surface area (Å²) in [5, 5.41) is 2.73. The maximum absolute atomic E-state index is 13.2. The lowest BCUT2D eigenvalue weighted by molar-refractivity contribution is -0.115. The molecule has 0 atom stereocenters. The fourth-order valence-corrected chi connectivity index (χ4v) is 1.73. The molecule has 0 aliphatic heterocycles. The predicted octanol–water partition coefficient (Wildman–Crippen LogP) is 3.44. The molecular weight excluding hydrogens is 268 g/mol. The number of nitrogens with zero attached hydrogens (tertiary/aromatic N) is 3. The van der Waals surface area contributed by atoms with Gasteiger partial charge in [0.1, 0.15) is 23.1 Å². The second-order valence-electron chi connectivity index (χ2n) is 3.95. The molecule has 1 amide bonds. The standard InChI is InChI=1S/C13H9F2N3O2/c1-8(19)18(12-5-9(14)4-10(15)6-12)13-7-11(17-20)2-3-16-13/h2-7H,1H3. The molecule has 0 aliphatic rings. The molecule has 1 heterocycles. The van der Waals surface area contributed by atoms with Crippen molar-refractivity contribution in [2.24, 2.45) is 5.18 Å². The van der Waals surface area contributed by atoms with E-state index in [1.54, 1.807) is 0 Å². The average Bonchev–Trinajstić information content (AvgIpc) is 2.37. The van der Waals surface area contributed by atoms with Crippen LogP contribution in [0.4, 0.5) is 26.0 Å². The van der Waals surface area contributed by atoms with Crippen LogP contribution in [0.1, 0.15) is 6.92 Å². The zero-order valence-electron chi connectivity index (χ0n) is 10.4. The molecule has 0 spiro atoms. The van der Waals surface area contributed by atoms with Gasteiger partial charge in [0.15, 0.2) is 0 Å². The van der Waals surface area contributed by atoms with Crippen LogP contribution in [0.15, 0.2) is 41.7 Å². The molecule has 5 nitrogen and oxygen atoms in total. The van der Waals surface area contributed by atoms with Crippen LogP contribution in [0, 0.1) is 16.5 Å². The molecule has 0 aliphatic carbocycles. The predicted molar refractivity (Wildman–Crippen MR) is 68.9 cm³/mol. The number of nitroso groups, excluding NO2 is 1. The van der Waals surface area contributed by atoms with Crippen molar-refractivity contribution in [3.63, 3.8) is 0 Å². The van der Waals surface area contributed by atoms with Crippen molar-refractivity contribution < 1.29 is 13.6 Å². The SMILES string of the molecule is CC(=O)N(c1cc(F)cc(F)c1)c1cc(N=O)ccn1. The molecule has 0 radical (unpaired) electrons. The van der Waals surface area contributed by atoms with Gasteiger partial charge in [-0.1, -0.05) is 0 Å². The van der Waals surface area contributed by atoms with Gasteiger partial charge in [0.2, 0.25) is 5.91 Å². The number of aromatic nitrogens is 1. The third-order valence-corrected chi connectivity index (χ3v) is 2.48. The first-order valence-corrected chi connectivity index (χ1v) is 5.57. The van der Waals surface area contributed by atoms with Crippen LogP contribution in [0.3, 0.4) is 0 Å². The van der Waals surface area contributed by atoms with E-state index < -0.39 is 17.5 Å². The first kappa shape index (κ1) is 13.7. The summed E-state index contributed by atoms with van der Waals surface area (Å²) in [4.78, 5) is 27.1. The highest BCUT2D eigenvalue weighted by molar-refractivity contribution is 5.98. The Morgan fingerprint density at radius 1 is 1.20 bits per heavy atom. The summed E-state index contributed by atoms with van der Waals surface area (Å²) in [5.74, 6) is -2.10. The highest BCUT2D eigenvalue weighted by Gasteiger charge is 2.17. The molecule has 0 N–H and O–H groups in total. The van der Waals surface area contributed by atoms with Gasteiger partial charge in [-0.3, -0.25) is 9.69 Å². The molecule has 1 aromatic carbocycles. The third-order valence-electron chi connectivity index (χ3n) is 2.48. The van der Waals surface area contributed by atoms with E-state index in [4.69, 9.17) is 0 Å². The van der Waals surface area contributed by atoms with Crippen molar-refractivity contribution in [1.29, 1.82) is 0 Å². The second-order valence-corrected chi connectivity index (χ2v) is 3.95. The molecule has 2 rings (SSSR count). The lowest BCUT2D eigenvalue weighted by Crippen LogP contribution is -2.23.